The van der Waals surface area contributed by atoms with Gasteiger partial charge >= 0.3 is 0 Å². The number of hydrogen-bond donors (Lipinski definition) is 1. The Morgan fingerprint density at radius 1 is 0.921 bits per heavy atom. The van der Waals surface area contributed by atoms with Crippen molar-refractivity contribution < 1.29 is 4.74 Å². The van der Waals surface area contributed by atoms with E-state index in [1.807, 2.05) is 30.3 Å². The van der Waals surface area contributed by atoms with E-state index in [4.69, 9.17) is 10.5 Å². The van der Waals surface area contributed by atoms with Crippen molar-refractivity contribution in [3.63, 3.8) is 0 Å². The van der Waals surface area contributed by atoms with Crippen molar-refractivity contribution in [2.75, 3.05) is 24.3 Å². The highest BCUT2D eigenvalue weighted by Gasteiger charge is 2.13. The number of nitrogens with two attached hydrogens (primary N) is 1. The summed E-state index contributed by atoms with van der Waals surface area (Å²) in [6.45, 7) is 11.6. The highest BCUT2D eigenvalue weighted by molar-refractivity contribution is 5.70. The van der Waals surface area contributed by atoms with Gasteiger partial charge in [-0.25, -0.2) is 0 Å². The van der Waals surface area contributed by atoms with Crippen molar-refractivity contribution >= 4 is 16.9 Å². The molecule has 1 aliphatic rings. The first kappa shape index (κ1) is 26.8. The summed E-state index contributed by atoms with van der Waals surface area (Å²) < 4.78 is 5.63. The van der Waals surface area contributed by atoms with E-state index >= 15 is 0 Å². The maximum atomic E-state index is 5.63. The first-order chi connectivity index (χ1) is 18.5. The summed E-state index contributed by atoms with van der Waals surface area (Å²) in [6, 6.07) is 31.9. The molecule has 3 nitrogen and oxygen atoms in total. The molecule has 3 heteroatoms. The number of allylic oxidation sites excluding steroid dienone is 2. The molecule has 0 bridgehead atoms. The van der Waals surface area contributed by atoms with Gasteiger partial charge in [-0.1, -0.05) is 74.2 Å². The van der Waals surface area contributed by atoms with Crippen LogP contribution in [0.25, 0.3) is 16.7 Å². The molecule has 0 atom stereocenters. The van der Waals surface area contributed by atoms with Crippen LogP contribution in [-0.2, 0) is 19.4 Å². The zero-order chi connectivity index (χ0) is 26.9. The van der Waals surface area contributed by atoms with Crippen LogP contribution in [-0.4, -0.2) is 13.7 Å². The van der Waals surface area contributed by atoms with Gasteiger partial charge < -0.3 is 15.4 Å². The highest BCUT2D eigenvalue weighted by Crippen LogP contribution is 2.32. The lowest BCUT2D eigenvalue weighted by molar-refractivity contribution is 0.357. The van der Waals surface area contributed by atoms with Gasteiger partial charge in [0, 0.05) is 31.4 Å². The average Bonchev–Trinajstić information content (AvgIpc) is 3.43. The molecule has 1 heterocycles. The van der Waals surface area contributed by atoms with E-state index in [0.29, 0.717) is 0 Å². The molecule has 194 valence electrons. The third kappa shape index (κ3) is 6.95. The van der Waals surface area contributed by atoms with Crippen molar-refractivity contribution in [1.82, 2.24) is 0 Å². The Balaban J connectivity index is 0.000000283. The number of fused-ring (bicyclic) bond motifs is 1. The Bertz CT molecular complexity index is 1370. The fourth-order valence-electron chi connectivity index (χ4n) is 4.52. The maximum Gasteiger partial charge on any atom is 0.122 e. The third-order valence-corrected chi connectivity index (χ3v) is 6.88. The molecule has 0 unspecified atom stereocenters. The molecule has 0 saturated carbocycles. The second-order valence-electron chi connectivity index (χ2n) is 9.72. The van der Waals surface area contributed by atoms with Crippen LogP contribution in [0, 0.1) is 0 Å². The molecule has 0 fully saturated rings. The van der Waals surface area contributed by atoms with Crippen molar-refractivity contribution in [2.24, 2.45) is 0 Å². The fourth-order valence-corrected chi connectivity index (χ4v) is 4.52. The lowest BCUT2D eigenvalue weighted by atomic mass is 10.0. The maximum absolute atomic E-state index is 5.63. The summed E-state index contributed by atoms with van der Waals surface area (Å²) in [7, 11) is 2.15. The zero-order valence-electron chi connectivity index (χ0n) is 22.6. The van der Waals surface area contributed by atoms with Gasteiger partial charge in [0.15, 0.2) is 0 Å². The Kier molecular flexibility index (Phi) is 9.05. The molecule has 4 aromatic carbocycles. The van der Waals surface area contributed by atoms with E-state index in [0.717, 1.165) is 43.9 Å². The predicted octanol–water partition coefficient (Wildman–Crippen LogP) is 8.35. The summed E-state index contributed by atoms with van der Waals surface area (Å²) in [5.74, 6) is 1.03. The van der Waals surface area contributed by atoms with E-state index < -0.39 is 0 Å². The number of ether oxygens (including phenoxy) is 1. The molecule has 0 saturated heterocycles. The SMILES string of the molecule is C=C(CC)c1ccc(CN(C)c2cccc(-c3ccc4c(c3)CCO4)c2)cc1.C=CCc1ccc(N)cc1. The van der Waals surface area contributed by atoms with Gasteiger partial charge in [-0.2, -0.15) is 0 Å². The molecular weight excluding hydrogens is 464 g/mol. The van der Waals surface area contributed by atoms with Gasteiger partial charge in [0.25, 0.3) is 0 Å². The summed E-state index contributed by atoms with van der Waals surface area (Å²) in [6.07, 6.45) is 4.79. The lowest BCUT2D eigenvalue weighted by Crippen LogP contribution is -2.16. The molecule has 2 N–H and O–H groups in total. The van der Waals surface area contributed by atoms with Crippen LogP contribution < -0.4 is 15.4 Å². The Hall–Kier alpha value is -4.24. The van der Waals surface area contributed by atoms with Gasteiger partial charge in [-0.05, 0) is 88.2 Å². The normalized spacial score (nSPS) is 11.5. The molecule has 1 aliphatic heterocycles. The summed E-state index contributed by atoms with van der Waals surface area (Å²) >= 11 is 0. The summed E-state index contributed by atoms with van der Waals surface area (Å²) in [4.78, 5) is 2.30. The molecule has 38 heavy (non-hydrogen) atoms. The van der Waals surface area contributed by atoms with Crippen LogP contribution in [0.3, 0.4) is 0 Å². The predicted molar refractivity (Wildman–Crippen MR) is 164 cm³/mol. The monoisotopic (exact) mass is 502 g/mol. The minimum absolute atomic E-state index is 0.798. The molecule has 0 aromatic heterocycles. The van der Waals surface area contributed by atoms with Crippen molar-refractivity contribution in [3.8, 4) is 16.9 Å². The van der Waals surface area contributed by atoms with Crippen molar-refractivity contribution in [3.05, 3.63) is 132 Å². The number of nitrogens with zero attached hydrogens (tertiary/aromatic N) is 1. The highest BCUT2D eigenvalue weighted by atomic mass is 16.5. The first-order valence-electron chi connectivity index (χ1n) is 13.3. The smallest absolute Gasteiger partial charge is 0.122 e. The quantitative estimate of drug-likeness (QED) is 0.194. The lowest BCUT2D eigenvalue weighted by Gasteiger charge is -2.20. The fraction of sp³-hybridized carbons (Fsp3) is 0.200. The minimum atomic E-state index is 0.798. The van der Waals surface area contributed by atoms with E-state index in [2.05, 4.69) is 98.8 Å². The number of hydrogen-bond acceptors (Lipinski definition) is 3. The molecule has 0 radical (unpaired) electrons. The third-order valence-electron chi connectivity index (χ3n) is 6.88. The summed E-state index contributed by atoms with van der Waals surface area (Å²) in [5, 5.41) is 0. The van der Waals surface area contributed by atoms with E-state index in [1.54, 1.807) is 0 Å². The number of benzene rings is 4. The van der Waals surface area contributed by atoms with Crippen LogP contribution in [0.1, 0.15) is 35.6 Å². The second-order valence-corrected chi connectivity index (χ2v) is 9.72. The van der Waals surface area contributed by atoms with Crippen LogP contribution in [0.15, 0.2) is 110 Å². The topological polar surface area (TPSA) is 38.5 Å². The van der Waals surface area contributed by atoms with E-state index in [-0.39, 0.29) is 0 Å². The van der Waals surface area contributed by atoms with Gasteiger partial charge in [-0.3, -0.25) is 0 Å². The first-order valence-corrected chi connectivity index (χ1v) is 13.3. The zero-order valence-corrected chi connectivity index (χ0v) is 22.6. The Morgan fingerprint density at radius 2 is 1.63 bits per heavy atom. The largest absolute Gasteiger partial charge is 0.493 e. The van der Waals surface area contributed by atoms with Crippen molar-refractivity contribution in [2.45, 2.75) is 32.7 Å². The average molecular weight is 503 g/mol. The van der Waals surface area contributed by atoms with Crippen LogP contribution in [0.2, 0.25) is 0 Å². The van der Waals surface area contributed by atoms with Crippen LogP contribution in [0.4, 0.5) is 11.4 Å². The number of rotatable bonds is 8. The molecule has 5 rings (SSSR count). The summed E-state index contributed by atoms with van der Waals surface area (Å²) in [5.41, 5.74) is 16.3. The van der Waals surface area contributed by atoms with Gasteiger partial charge in [-0.15, -0.1) is 6.58 Å². The van der Waals surface area contributed by atoms with Gasteiger partial charge in [0.05, 0.1) is 6.61 Å². The van der Waals surface area contributed by atoms with Gasteiger partial charge in [0.2, 0.25) is 0 Å². The van der Waals surface area contributed by atoms with E-state index in [9.17, 15) is 0 Å². The van der Waals surface area contributed by atoms with Gasteiger partial charge in [0.1, 0.15) is 5.75 Å². The van der Waals surface area contributed by atoms with Crippen LogP contribution >= 0.6 is 0 Å². The standard InChI is InChI=1S/C26H27NO.C9H11N/c1-4-19(2)21-10-8-20(9-11-21)18-27(3)25-7-5-6-22(17-25)23-12-13-26-24(16-23)14-15-28-26;1-2-3-8-4-6-9(10)7-5-8/h5-13,16-17H,2,4,14-15,18H2,1,3H3;2,4-7H,1,3,10H2. The molecular formula is C35H38N2O. The second kappa shape index (κ2) is 12.8. The Labute approximate surface area is 227 Å². The molecule has 0 amide bonds. The Morgan fingerprint density at radius 3 is 2.34 bits per heavy atom. The van der Waals surface area contributed by atoms with Crippen molar-refractivity contribution in [1.29, 1.82) is 0 Å². The molecule has 0 aliphatic carbocycles. The van der Waals surface area contributed by atoms with Crippen LogP contribution in [0.5, 0.6) is 5.75 Å². The minimum Gasteiger partial charge on any atom is -0.493 e. The molecule has 4 aromatic rings. The number of anilines is 2. The molecule has 0 spiro atoms. The number of nitrogen functional groups attached to an aromatic ring is 1. The van der Waals surface area contributed by atoms with E-state index in [1.165, 1.54) is 44.6 Å².